The molecule has 1 rings (SSSR count). The summed E-state index contributed by atoms with van der Waals surface area (Å²) < 4.78 is 6.77. The third kappa shape index (κ3) is 7.06. The highest BCUT2D eigenvalue weighted by Crippen LogP contribution is 2.19. The second kappa shape index (κ2) is 9.28. The average molecular weight is 472 g/mol. The molecular formula is C14H18I2O2. The van der Waals surface area contributed by atoms with Gasteiger partial charge in [-0.2, -0.15) is 0 Å². The van der Waals surface area contributed by atoms with Crippen LogP contribution >= 0.6 is 45.2 Å². The maximum atomic E-state index is 9.95. The molecule has 0 aliphatic heterocycles. The Hall–Kier alpha value is 0.340. The molecule has 100 valence electrons. The minimum Gasteiger partial charge on any atom is -0.390 e. The van der Waals surface area contributed by atoms with E-state index >= 15 is 0 Å². The smallest absolute Gasteiger partial charge is 0.0802 e. The SMILES string of the molecule is C[C@@H](CC=C(I)I)C(O)COCc1ccccc1. The Bertz CT molecular complexity index is 361. The number of aliphatic hydroxyl groups is 1. The van der Waals surface area contributed by atoms with Crippen molar-refractivity contribution in [1.82, 2.24) is 0 Å². The van der Waals surface area contributed by atoms with Crippen molar-refractivity contribution < 1.29 is 9.84 Å². The summed E-state index contributed by atoms with van der Waals surface area (Å²) in [5.41, 5.74) is 1.14. The van der Waals surface area contributed by atoms with Crippen LogP contribution in [0.1, 0.15) is 18.9 Å². The van der Waals surface area contributed by atoms with Crippen molar-refractivity contribution in [1.29, 1.82) is 0 Å². The van der Waals surface area contributed by atoms with E-state index in [0.29, 0.717) is 13.2 Å². The van der Waals surface area contributed by atoms with Crippen LogP contribution in [0.4, 0.5) is 0 Å². The van der Waals surface area contributed by atoms with Crippen LogP contribution in [0.15, 0.2) is 38.0 Å². The van der Waals surface area contributed by atoms with Gasteiger partial charge in [0.25, 0.3) is 0 Å². The zero-order valence-electron chi connectivity index (χ0n) is 10.4. The second-order valence-electron chi connectivity index (χ2n) is 4.27. The van der Waals surface area contributed by atoms with E-state index in [9.17, 15) is 5.11 Å². The molecule has 0 saturated heterocycles. The number of hydrogen-bond donors (Lipinski definition) is 1. The van der Waals surface area contributed by atoms with E-state index in [-0.39, 0.29) is 5.92 Å². The highest BCUT2D eigenvalue weighted by atomic mass is 127. The lowest BCUT2D eigenvalue weighted by Crippen LogP contribution is -2.23. The minimum absolute atomic E-state index is 0.223. The Morgan fingerprint density at radius 3 is 2.61 bits per heavy atom. The summed E-state index contributed by atoms with van der Waals surface area (Å²) >= 11 is 4.54. The largest absolute Gasteiger partial charge is 0.390 e. The minimum atomic E-state index is -0.405. The molecule has 0 bridgehead atoms. The lowest BCUT2D eigenvalue weighted by atomic mass is 10.0. The van der Waals surface area contributed by atoms with E-state index in [1.165, 1.54) is 1.59 Å². The number of hydrogen-bond acceptors (Lipinski definition) is 2. The van der Waals surface area contributed by atoms with Gasteiger partial charge in [-0.25, -0.2) is 0 Å². The van der Waals surface area contributed by atoms with Gasteiger partial charge in [-0.1, -0.05) is 43.3 Å². The zero-order valence-corrected chi connectivity index (χ0v) is 14.7. The molecule has 0 saturated carbocycles. The summed E-state index contributed by atoms with van der Waals surface area (Å²) in [6.07, 6.45) is 2.61. The molecule has 1 unspecified atom stereocenters. The van der Waals surface area contributed by atoms with Gasteiger partial charge in [-0.3, -0.25) is 0 Å². The first-order valence-corrected chi connectivity index (χ1v) is 8.06. The lowest BCUT2D eigenvalue weighted by Gasteiger charge is -2.17. The fourth-order valence-corrected chi connectivity index (χ4v) is 1.98. The van der Waals surface area contributed by atoms with Gasteiger partial charge in [0, 0.05) is 1.59 Å². The number of aliphatic hydroxyl groups excluding tert-OH is 1. The molecule has 0 spiro atoms. The molecule has 0 aliphatic carbocycles. The number of benzene rings is 1. The van der Waals surface area contributed by atoms with E-state index in [1.54, 1.807) is 0 Å². The summed E-state index contributed by atoms with van der Waals surface area (Å²) in [5.74, 6) is 0.223. The Morgan fingerprint density at radius 1 is 1.33 bits per heavy atom. The predicted octanol–water partition coefficient (Wildman–Crippen LogP) is 4.30. The maximum absolute atomic E-state index is 9.95. The average Bonchev–Trinajstić information content (AvgIpc) is 2.37. The molecule has 0 aliphatic rings. The van der Waals surface area contributed by atoms with Crippen LogP contribution in [0, 0.1) is 5.92 Å². The van der Waals surface area contributed by atoms with Gasteiger partial charge in [0.05, 0.1) is 19.3 Å². The fourth-order valence-electron chi connectivity index (χ4n) is 1.47. The third-order valence-corrected chi connectivity index (χ3v) is 3.58. The first-order valence-electron chi connectivity index (χ1n) is 5.90. The van der Waals surface area contributed by atoms with Crippen molar-refractivity contribution in [2.75, 3.05) is 6.61 Å². The topological polar surface area (TPSA) is 29.5 Å². The molecule has 1 N–H and O–H groups in total. The number of allylic oxidation sites excluding steroid dienone is 1. The molecule has 2 nitrogen and oxygen atoms in total. The molecule has 0 fully saturated rings. The fraction of sp³-hybridized carbons (Fsp3) is 0.429. The van der Waals surface area contributed by atoms with E-state index in [0.717, 1.165) is 12.0 Å². The van der Waals surface area contributed by atoms with Gasteiger partial charge in [0.15, 0.2) is 0 Å². The van der Waals surface area contributed by atoms with Crippen molar-refractivity contribution in [3.8, 4) is 0 Å². The zero-order chi connectivity index (χ0) is 13.4. The summed E-state index contributed by atoms with van der Waals surface area (Å²) in [4.78, 5) is 0. The molecule has 0 heterocycles. The summed E-state index contributed by atoms with van der Waals surface area (Å²) in [6.45, 7) is 3.00. The molecule has 18 heavy (non-hydrogen) atoms. The van der Waals surface area contributed by atoms with Crippen molar-refractivity contribution >= 4 is 45.2 Å². The molecule has 0 radical (unpaired) electrons. The van der Waals surface area contributed by atoms with Crippen LogP contribution in [-0.2, 0) is 11.3 Å². The quantitative estimate of drug-likeness (QED) is 0.601. The van der Waals surface area contributed by atoms with Crippen molar-refractivity contribution in [2.45, 2.75) is 26.1 Å². The molecule has 2 atom stereocenters. The molecule has 1 aromatic rings. The Morgan fingerprint density at radius 2 is 2.00 bits per heavy atom. The third-order valence-electron chi connectivity index (χ3n) is 2.70. The maximum Gasteiger partial charge on any atom is 0.0802 e. The van der Waals surface area contributed by atoms with Crippen LogP contribution in [0.5, 0.6) is 0 Å². The Balaban J connectivity index is 2.24. The molecule has 0 amide bonds. The van der Waals surface area contributed by atoms with Crippen LogP contribution in [0.3, 0.4) is 0 Å². The van der Waals surface area contributed by atoms with E-state index in [1.807, 2.05) is 37.3 Å². The van der Waals surface area contributed by atoms with Crippen LogP contribution in [0.25, 0.3) is 0 Å². The van der Waals surface area contributed by atoms with Gasteiger partial charge in [0.2, 0.25) is 0 Å². The second-order valence-corrected chi connectivity index (χ2v) is 8.66. The van der Waals surface area contributed by atoms with Crippen LogP contribution in [0.2, 0.25) is 0 Å². The monoisotopic (exact) mass is 472 g/mol. The summed E-state index contributed by atoms with van der Waals surface area (Å²) in [7, 11) is 0. The van der Waals surface area contributed by atoms with Gasteiger partial charge >= 0.3 is 0 Å². The number of halogens is 2. The lowest BCUT2D eigenvalue weighted by molar-refractivity contribution is 0.00277. The summed E-state index contributed by atoms with van der Waals surface area (Å²) in [6, 6.07) is 10.0. The molecule has 1 aromatic carbocycles. The van der Waals surface area contributed by atoms with Gasteiger partial charge in [-0.15, -0.1) is 0 Å². The van der Waals surface area contributed by atoms with Gasteiger partial charge < -0.3 is 9.84 Å². The van der Waals surface area contributed by atoms with Gasteiger partial charge in [0.1, 0.15) is 0 Å². The molecule has 4 heteroatoms. The standard InChI is InChI=1S/C14H18I2O2/c1-11(7-8-14(15)16)13(17)10-18-9-12-5-3-2-4-6-12/h2-6,8,11,13,17H,7,9-10H2,1H3/t11-,13?/m0/s1. The molecular weight excluding hydrogens is 454 g/mol. The normalized spacial score (nSPS) is 14.0. The highest BCUT2D eigenvalue weighted by Gasteiger charge is 2.13. The van der Waals surface area contributed by atoms with E-state index in [4.69, 9.17) is 4.74 Å². The first kappa shape index (κ1) is 16.4. The first-order chi connectivity index (χ1) is 8.59. The van der Waals surface area contributed by atoms with Crippen molar-refractivity contribution in [3.05, 3.63) is 43.6 Å². The van der Waals surface area contributed by atoms with Crippen molar-refractivity contribution in [3.63, 3.8) is 0 Å². The number of rotatable bonds is 7. The molecule has 0 aromatic heterocycles. The van der Waals surface area contributed by atoms with Crippen LogP contribution in [-0.4, -0.2) is 17.8 Å². The van der Waals surface area contributed by atoms with E-state index in [2.05, 4.69) is 51.3 Å². The highest BCUT2D eigenvalue weighted by molar-refractivity contribution is 14.2. The number of ether oxygens (including phenoxy) is 1. The van der Waals surface area contributed by atoms with E-state index < -0.39 is 6.10 Å². The predicted molar refractivity (Wildman–Crippen MR) is 92.0 cm³/mol. The van der Waals surface area contributed by atoms with Crippen LogP contribution < -0.4 is 0 Å². The van der Waals surface area contributed by atoms with Gasteiger partial charge in [-0.05, 0) is 63.1 Å². The van der Waals surface area contributed by atoms with Crippen molar-refractivity contribution in [2.24, 2.45) is 5.92 Å². The Kier molecular flexibility index (Phi) is 8.45. The Labute approximate surface area is 136 Å². The summed E-state index contributed by atoms with van der Waals surface area (Å²) in [5, 5.41) is 9.95.